The van der Waals surface area contributed by atoms with Crippen molar-refractivity contribution >= 4 is 78.6 Å². The third kappa shape index (κ3) is 4.50. The van der Waals surface area contributed by atoms with Gasteiger partial charge in [0.2, 0.25) is 0 Å². The van der Waals surface area contributed by atoms with E-state index in [4.69, 9.17) is 11.6 Å². The van der Waals surface area contributed by atoms with Crippen molar-refractivity contribution in [3.63, 3.8) is 0 Å². The van der Waals surface area contributed by atoms with Gasteiger partial charge in [0.05, 0.1) is 6.07 Å². The monoisotopic (exact) mass is 525 g/mol. The van der Waals surface area contributed by atoms with Gasteiger partial charge >= 0.3 is 0 Å². The van der Waals surface area contributed by atoms with Crippen LogP contribution in [-0.4, -0.2) is 5.91 Å². The third-order valence-electron chi connectivity index (χ3n) is 1.76. The van der Waals surface area contributed by atoms with Crippen LogP contribution in [0, 0.1) is 0 Å². The van der Waals surface area contributed by atoms with Gasteiger partial charge in [-0.3, -0.25) is 4.79 Å². The molecule has 1 amide bonds. The number of benzene rings is 1. The molecule has 86 valence electrons. The molecule has 0 bridgehead atoms. The smallest absolute Gasteiger partial charge is 0.259 e. The summed E-state index contributed by atoms with van der Waals surface area (Å²) in [7, 11) is 0. The minimum Gasteiger partial charge on any atom is -0.347 e. The highest BCUT2D eigenvalue weighted by Crippen LogP contribution is 2.24. The quantitative estimate of drug-likeness (QED) is 0.460. The van der Waals surface area contributed by atoms with Gasteiger partial charge in [-0.15, -0.1) is 0 Å². The van der Waals surface area contributed by atoms with E-state index in [1.165, 1.54) is 0 Å². The maximum Gasteiger partial charge on any atom is 0.259 e. The van der Waals surface area contributed by atoms with Crippen molar-refractivity contribution in [2.24, 2.45) is 0 Å². The van der Waals surface area contributed by atoms with E-state index in [1.54, 1.807) is 6.07 Å². The molecule has 0 saturated heterocycles. The summed E-state index contributed by atoms with van der Waals surface area (Å²) in [5.74, 6) is -0.109. The standard InChI is InChI=1S/C10H7BrClI2NO/c11-9(14)8(13)10(16)15-5-6-3-1-2-4-7(6)12/h1-4H,5H2,(H,15,16). The Balaban J connectivity index is 2.63. The van der Waals surface area contributed by atoms with E-state index in [1.807, 2.05) is 63.4 Å². The molecule has 0 atom stereocenters. The van der Waals surface area contributed by atoms with Crippen LogP contribution in [0.25, 0.3) is 0 Å². The van der Waals surface area contributed by atoms with Crippen molar-refractivity contribution in [3.05, 3.63) is 40.9 Å². The lowest BCUT2D eigenvalue weighted by Gasteiger charge is -2.06. The van der Waals surface area contributed by atoms with E-state index >= 15 is 0 Å². The molecule has 1 rings (SSSR count). The molecule has 2 nitrogen and oxygen atoms in total. The van der Waals surface area contributed by atoms with Gasteiger partial charge in [0.15, 0.2) is 0 Å². The van der Waals surface area contributed by atoms with Crippen molar-refractivity contribution in [1.82, 2.24) is 5.32 Å². The first kappa shape index (κ1) is 14.7. The molecule has 1 N–H and O–H groups in total. The fraction of sp³-hybridized carbons (Fsp3) is 0.100. The normalized spacial score (nSPS) is 12.0. The van der Waals surface area contributed by atoms with Crippen LogP contribution >= 0.6 is 72.7 Å². The van der Waals surface area contributed by atoms with Crippen LogP contribution in [0.5, 0.6) is 0 Å². The molecular formula is C10H7BrClI2NO. The molecule has 0 aliphatic carbocycles. The summed E-state index contributed by atoms with van der Waals surface area (Å²) in [6.45, 7) is 0.432. The fourth-order valence-corrected chi connectivity index (χ4v) is 1.80. The Morgan fingerprint density at radius 2 is 2.00 bits per heavy atom. The zero-order valence-corrected chi connectivity index (χ0v) is 14.6. The van der Waals surface area contributed by atoms with Gasteiger partial charge in [0, 0.05) is 11.6 Å². The zero-order valence-electron chi connectivity index (χ0n) is 7.94. The summed E-state index contributed by atoms with van der Waals surface area (Å²) in [5.41, 5.74) is 0.909. The van der Waals surface area contributed by atoms with E-state index in [0.717, 1.165) is 8.05 Å². The van der Waals surface area contributed by atoms with Crippen LogP contribution in [0.1, 0.15) is 5.56 Å². The van der Waals surface area contributed by atoms with E-state index in [2.05, 4.69) is 21.2 Å². The second-order valence-corrected chi connectivity index (χ2v) is 7.69. The number of carbonyl (C=O) groups is 1. The summed E-state index contributed by atoms with van der Waals surface area (Å²) >= 11 is 13.3. The van der Waals surface area contributed by atoms with Gasteiger partial charge in [0.25, 0.3) is 5.91 Å². The highest BCUT2D eigenvalue weighted by atomic mass is 127. The molecule has 0 aliphatic heterocycles. The van der Waals surface area contributed by atoms with E-state index in [-0.39, 0.29) is 5.91 Å². The second kappa shape index (κ2) is 7.17. The third-order valence-corrected chi connectivity index (χ3v) is 5.87. The lowest BCUT2D eigenvalue weighted by molar-refractivity contribution is -0.116. The predicted octanol–water partition coefficient (Wildman–Crippen LogP) is 4.39. The van der Waals surface area contributed by atoms with Crippen molar-refractivity contribution in [1.29, 1.82) is 0 Å². The molecule has 0 radical (unpaired) electrons. The summed E-state index contributed by atoms with van der Waals surface area (Å²) in [4.78, 5) is 11.6. The first-order valence-corrected chi connectivity index (χ1v) is 7.57. The average Bonchev–Trinajstić information content (AvgIpc) is 2.26. The molecule has 0 aliphatic rings. The minimum absolute atomic E-state index is 0.109. The van der Waals surface area contributed by atoms with Crippen molar-refractivity contribution in [2.45, 2.75) is 6.54 Å². The lowest BCUT2D eigenvalue weighted by atomic mass is 10.2. The van der Waals surface area contributed by atoms with Crippen LogP contribution in [-0.2, 0) is 11.3 Å². The molecule has 0 heterocycles. The van der Waals surface area contributed by atoms with Gasteiger partial charge in [-0.25, -0.2) is 0 Å². The van der Waals surface area contributed by atoms with Crippen LogP contribution in [0.3, 0.4) is 0 Å². The Morgan fingerprint density at radius 3 is 2.56 bits per heavy atom. The Bertz CT molecular complexity index is 433. The summed E-state index contributed by atoms with van der Waals surface area (Å²) < 4.78 is 1.42. The molecule has 0 saturated carbocycles. The van der Waals surface area contributed by atoms with Crippen molar-refractivity contribution in [2.75, 3.05) is 0 Å². The van der Waals surface area contributed by atoms with Crippen LogP contribution in [0.15, 0.2) is 30.3 Å². The number of hydrogen-bond acceptors (Lipinski definition) is 1. The summed E-state index contributed by atoms with van der Waals surface area (Å²) in [5, 5.41) is 3.46. The van der Waals surface area contributed by atoms with Gasteiger partial charge < -0.3 is 5.32 Å². The van der Waals surface area contributed by atoms with Crippen LogP contribution in [0.4, 0.5) is 0 Å². The maximum atomic E-state index is 11.6. The number of carbonyl (C=O) groups excluding carboxylic acids is 1. The number of halogens is 4. The topological polar surface area (TPSA) is 29.1 Å². The number of amides is 1. The summed E-state index contributed by atoms with van der Waals surface area (Å²) in [6, 6.07) is 7.44. The number of nitrogens with one attached hydrogen (secondary N) is 1. The molecule has 1 aromatic carbocycles. The Hall–Kier alpha value is 0.660. The van der Waals surface area contributed by atoms with E-state index in [0.29, 0.717) is 15.1 Å². The summed E-state index contributed by atoms with van der Waals surface area (Å²) in [6.07, 6.45) is 0. The average molecular weight is 526 g/mol. The maximum absolute atomic E-state index is 11.6. The Kier molecular flexibility index (Phi) is 6.60. The minimum atomic E-state index is -0.109. The van der Waals surface area contributed by atoms with Crippen LogP contribution < -0.4 is 5.32 Å². The van der Waals surface area contributed by atoms with Gasteiger partial charge in [-0.05, 0) is 72.7 Å². The second-order valence-electron chi connectivity index (χ2n) is 2.85. The highest BCUT2D eigenvalue weighted by molar-refractivity contribution is 14.1. The lowest BCUT2D eigenvalue weighted by Crippen LogP contribution is -2.22. The first-order valence-electron chi connectivity index (χ1n) is 4.24. The molecule has 1 aromatic rings. The van der Waals surface area contributed by atoms with Gasteiger partial charge in [0.1, 0.15) is 0 Å². The fourth-order valence-electron chi connectivity index (χ4n) is 0.981. The predicted molar refractivity (Wildman–Crippen MR) is 87.3 cm³/mol. The number of rotatable bonds is 3. The molecule has 0 aromatic heterocycles. The zero-order chi connectivity index (χ0) is 12.1. The van der Waals surface area contributed by atoms with E-state index in [9.17, 15) is 4.79 Å². The Labute approximate surface area is 135 Å². The van der Waals surface area contributed by atoms with Gasteiger partial charge in [-0.2, -0.15) is 0 Å². The molecule has 0 fully saturated rings. The molecule has 0 spiro atoms. The highest BCUT2D eigenvalue weighted by Gasteiger charge is 2.09. The number of hydrogen-bond donors (Lipinski definition) is 1. The Morgan fingerprint density at radius 1 is 1.38 bits per heavy atom. The van der Waals surface area contributed by atoms with E-state index < -0.39 is 0 Å². The molecule has 6 heteroatoms. The van der Waals surface area contributed by atoms with Crippen LogP contribution in [0.2, 0.25) is 5.02 Å². The largest absolute Gasteiger partial charge is 0.347 e. The van der Waals surface area contributed by atoms with Crippen molar-refractivity contribution in [3.8, 4) is 0 Å². The van der Waals surface area contributed by atoms with Crippen molar-refractivity contribution < 1.29 is 4.79 Å². The molecule has 16 heavy (non-hydrogen) atoms. The van der Waals surface area contributed by atoms with Gasteiger partial charge in [-0.1, -0.05) is 29.8 Å². The SMILES string of the molecule is O=C(NCc1ccccc1Cl)C(I)=C(Br)I. The first-order chi connectivity index (χ1) is 7.52. The molecule has 0 unspecified atom stereocenters. The molecular weight excluding hydrogens is 519 g/mol.